The van der Waals surface area contributed by atoms with Crippen molar-refractivity contribution in [2.45, 2.75) is 13.5 Å². The highest BCUT2D eigenvalue weighted by Gasteiger charge is 2.23. The van der Waals surface area contributed by atoms with Gasteiger partial charge in [0.2, 0.25) is 11.8 Å². The predicted molar refractivity (Wildman–Crippen MR) is 124 cm³/mol. The van der Waals surface area contributed by atoms with Gasteiger partial charge in [-0.1, -0.05) is 36.4 Å². The van der Waals surface area contributed by atoms with Crippen LogP contribution in [-0.4, -0.2) is 51.5 Å². The Bertz CT molecular complexity index is 1230. The molecule has 0 spiro atoms. The maximum atomic E-state index is 12.9. The molecule has 7 nitrogen and oxygen atoms in total. The molecule has 0 atom stereocenters. The lowest BCUT2D eigenvalue weighted by Crippen LogP contribution is -2.49. The van der Waals surface area contributed by atoms with E-state index in [1.54, 1.807) is 0 Å². The van der Waals surface area contributed by atoms with Crippen molar-refractivity contribution in [3.05, 3.63) is 78.8 Å². The number of para-hydroxylation sites is 2. The highest BCUT2D eigenvalue weighted by atomic mass is 16.5. The van der Waals surface area contributed by atoms with Crippen molar-refractivity contribution in [3.8, 4) is 11.6 Å². The van der Waals surface area contributed by atoms with Crippen molar-refractivity contribution in [2.24, 2.45) is 0 Å². The lowest BCUT2D eigenvalue weighted by Gasteiger charge is -2.35. The van der Waals surface area contributed by atoms with Gasteiger partial charge in [-0.15, -0.1) is 0 Å². The van der Waals surface area contributed by atoms with Crippen molar-refractivity contribution < 1.29 is 9.53 Å². The minimum Gasteiger partial charge on any atom is -0.439 e. The fraction of sp³-hybridized carbons (Fsp3) is 0.240. The minimum absolute atomic E-state index is 0.137. The van der Waals surface area contributed by atoms with Crippen molar-refractivity contribution in [1.82, 2.24) is 19.4 Å². The van der Waals surface area contributed by atoms with E-state index in [9.17, 15) is 4.79 Å². The normalized spacial score (nSPS) is 14.0. The highest BCUT2D eigenvalue weighted by molar-refractivity contribution is 5.83. The Balaban J connectivity index is 1.23. The third-order valence-electron chi connectivity index (χ3n) is 5.71. The van der Waals surface area contributed by atoms with E-state index in [0.29, 0.717) is 31.3 Å². The van der Waals surface area contributed by atoms with Gasteiger partial charge in [-0.25, -0.2) is 4.98 Å². The number of benzene rings is 2. The first-order valence-electron chi connectivity index (χ1n) is 10.8. The Hall–Kier alpha value is -3.87. The number of carbonyl (C=O) groups excluding carboxylic acids is 1. The molecular weight excluding hydrogens is 402 g/mol. The molecule has 0 N–H and O–H groups in total. The molecule has 1 aliphatic heterocycles. The van der Waals surface area contributed by atoms with Gasteiger partial charge >= 0.3 is 0 Å². The first-order valence-corrected chi connectivity index (χ1v) is 10.8. The smallest absolute Gasteiger partial charge is 0.242 e. The summed E-state index contributed by atoms with van der Waals surface area (Å²) in [5.41, 5.74) is 1.09. The molecule has 3 heterocycles. The van der Waals surface area contributed by atoms with Gasteiger partial charge in [-0.2, -0.15) is 4.98 Å². The summed E-state index contributed by atoms with van der Waals surface area (Å²) in [5, 5.41) is 1.15. The third kappa shape index (κ3) is 4.27. The molecule has 5 rings (SSSR count). The maximum Gasteiger partial charge on any atom is 0.242 e. The molecule has 32 heavy (non-hydrogen) atoms. The van der Waals surface area contributed by atoms with E-state index in [4.69, 9.17) is 4.74 Å². The van der Waals surface area contributed by atoms with Gasteiger partial charge in [0.05, 0.1) is 0 Å². The van der Waals surface area contributed by atoms with Crippen LogP contribution in [0.2, 0.25) is 0 Å². The molecular formula is C25H25N5O2. The molecule has 1 aliphatic rings. The van der Waals surface area contributed by atoms with Gasteiger partial charge in [0, 0.05) is 44.0 Å². The number of aryl methyl sites for hydroxylation is 1. The number of rotatable bonds is 5. The molecule has 0 saturated carbocycles. The summed E-state index contributed by atoms with van der Waals surface area (Å²) >= 11 is 0. The van der Waals surface area contributed by atoms with E-state index in [-0.39, 0.29) is 5.91 Å². The van der Waals surface area contributed by atoms with Crippen LogP contribution in [0.5, 0.6) is 11.6 Å². The Morgan fingerprint density at radius 3 is 2.50 bits per heavy atom. The molecule has 0 unspecified atom stereocenters. The van der Waals surface area contributed by atoms with Crippen LogP contribution in [0.4, 0.5) is 5.82 Å². The molecule has 2 aromatic carbocycles. The summed E-state index contributed by atoms with van der Waals surface area (Å²) in [6.45, 7) is 4.99. The highest BCUT2D eigenvalue weighted by Crippen LogP contribution is 2.24. The van der Waals surface area contributed by atoms with Crippen LogP contribution in [0.15, 0.2) is 72.9 Å². The SMILES string of the molecule is Cc1nc(Oc2ccccc2)cc(N2CCN(C(=O)Cn3ccc4ccccc43)CC2)n1. The number of carbonyl (C=O) groups is 1. The molecule has 162 valence electrons. The molecule has 0 radical (unpaired) electrons. The number of piperazine rings is 1. The van der Waals surface area contributed by atoms with Crippen LogP contribution < -0.4 is 9.64 Å². The Morgan fingerprint density at radius 2 is 1.69 bits per heavy atom. The fourth-order valence-electron chi connectivity index (χ4n) is 4.06. The molecule has 1 amide bonds. The van der Waals surface area contributed by atoms with Crippen LogP contribution in [0.3, 0.4) is 0 Å². The Kier molecular flexibility index (Phi) is 5.46. The number of nitrogens with zero attached hydrogens (tertiary/aromatic N) is 5. The standard InChI is InChI=1S/C25H25N5O2/c1-19-26-23(17-24(27-19)32-21-8-3-2-4-9-21)28-13-15-29(16-14-28)25(31)18-30-12-11-20-7-5-6-10-22(20)30/h2-12,17H,13-16,18H2,1H3. The van der Waals surface area contributed by atoms with E-state index < -0.39 is 0 Å². The van der Waals surface area contributed by atoms with Gasteiger partial charge < -0.3 is 19.1 Å². The van der Waals surface area contributed by atoms with Crippen LogP contribution >= 0.6 is 0 Å². The van der Waals surface area contributed by atoms with E-state index in [1.165, 1.54) is 0 Å². The summed E-state index contributed by atoms with van der Waals surface area (Å²) in [5.74, 6) is 2.89. The van der Waals surface area contributed by atoms with Gasteiger partial charge in [0.1, 0.15) is 23.9 Å². The van der Waals surface area contributed by atoms with Gasteiger partial charge in [0.15, 0.2) is 0 Å². The quantitative estimate of drug-likeness (QED) is 0.484. The summed E-state index contributed by atoms with van der Waals surface area (Å²) in [6, 6.07) is 21.6. The van der Waals surface area contributed by atoms with Crippen molar-refractivity contribution in [3.63, 3.8) is 0 Å². The van der Waals surface area contributed by atoms with E-state index >= 15 is 0 Å². The van der Waals surface area contributed by atoms with Gasteiger partial charge in [0.25, 0.3) is 0 Å². The van der Waals surface area contributed by atoms with Gasteiger partial charge in [-0.3, -0.25) is 4.79 Å². The topological polar surface area (TPSA) is 63.5 Å². The van der Waals surface area contributed by atoms with Crippen molar-refractivity contribution in [1.29, 1.82) is 0 Å². The van der Waals surface area contributed by atoms with Crippen LogP contribution in [0.1, 0.15) is 5.82 Å². The molecule has 4 aromatic rings. The zero-order valence-corrected chi connectivity index (χ0v) is 18.0. The van der Waals surface area contributed by atoms with E-state index in [2.05, 4.69) is 20.9 Å². The zero-order chi connectivity index (χ0) is 21.9. The average molecular weight is 428 g/mol. The number of fused-ring (bicyclic) bond motifs is 1. The lowest BCUT2D eigenvalue weighted by molar-refractivity contribution is -0.132. The minimum atomic E-state index is 0.137. The predicted octanol–water partition coefficient (Wildman–Crippen LogP) is 3.88. The zero-order valence-electron chi connectivity index (χ0n) is 18.0. The van der Waals surface area contributed by atoms with E-state index in [1.807, 2.05) is 83.3 Å². The summed E-state index contributed by atoms with van der Waals surface area (Å²) < 4.78 is 7.92. The molecule has 7 heteroatoms. The van der Waals surface area contributed by atoms with Gasteiger partial charge in [-0.05, 0) is 36.6 Å². The fourth-order valence-corrected chi connectivity index (χ4v) is 4.06. The Labute approximate surface area is 186 Å². The summed E-state index contributed by atoms with van der Waals surface area (Å²) in [6.07, 6.45) is 1.98. The first-order chi connectivity index (χ1) is 15.7. The van der Waals surface area contributed by atoms with Crippen LogP contribution in [0.25, 0.3) is 10.9 Å². The first kappa shape index (κ1) is 20.1. The monoisotopic (exact) mass is 427 g/mol. The third-order valence-corrected chi connectivity index (χ3v) is 5.71. The Morgan fingerprint density at radius 1 is 0.938 bits per heavy atom. The number of aromatic nitrogens is 3. The second kappa shape index (κ2) is 8.70. The van der Waals surface area contributed by atoms with Crippen molar-refractivity contribution >= 4 is 22.6 Å². The summed E-state index contributed by atoms with van der Waals surface area (Å²) in [4.78, 5) is 26.0. The second-order valence-electron chi connectivity index (χ2n) is 7.90. The molecule has 1 saturated heterocycles. The maximum absolute atomic E-state index is 12.9. The van der Waals surface area contributed by atoms with Crippen LogP contribution in [-0.2, 0) is 11.3 Å². The number of hydrogen-bond acceptors (Lipinski definition) is 5. The number of amides is 1. The number of ether oxygens (including phenoxy) is 1. The molecule has 2 aromatic heterocycles. The lowest BCUT2D eigenvalue weighted by atomic mass is 10.2. The molecule has 1 fully saturated rings. The number of hydrogen-bond donors (Lipinski definition) is 0. The van der Waals surface area contributed by atoms with E-state index in [0.717, 1.165) is 35.6 Å². The molecule has 0 aliphatic carbocycles. The largest absolute Gasteiger partial charge is 0.439 e. The summed E-state index contributed by atoms with van der Waals surface area (Å²) in [7, 11) is 0. The van der Waals surface area contributed by atoms with Crippen molar-refractivity contribution in [2.75, 3.05) is 31.1 Å². The number of anilines is 1. The average Bonchev–Trinajstić information content (AvgIpc) is 3.22. The van der Waals surface area contributed by atoms with Crippen LogP contribution in [0, 0.1) is 6.92 Å². The molecule has 0 bridgehead atoms. The second-order valence-corrected chi connectivity index (χ2v) is 7.90.